The molecule has 0 radical (unpaired) electrons. The molecule has 17 rings (SSSR count). The summed E-state index contributed by atoms with van der Waals surface area (Å²) in [5.74, 6) is 0. The molecule has 17 aromatic rings. The van der Waals surface area contributed by atoms with Gasteiger partial charge in [0.05, 0.1) is 0 Å². The van der Waals surface area contributed by atoms with Gasteiger partial charge >= 0.3 is 0 Å². The second kappa shape index (κ2) is 17.6. The number of hydrogen-bond donors (Lipinski definition) is 0. The number of hydrogen-bond acceptors (Lipinski definition) is 0. The highest BCUT2D eigenvalue weighted by molar-refractivity contribution is 6.30. The van der Waals surface area contributed by atoms with E-state index in [1.54, 1.807) is 0 Å². The Balaban J connectivity index is 1.01. The van der Waals surface area contributed by atoms with Crippen molar-refractivity contribution in [3.05, 3.63) is 291 Å². The number of benzene rings is 17. The van der Waals surface area contributed by atoms with Gasteiger partial charge in [-0.3, -0.25) is 0 Å². The highest BCUT2D eigenvalue weighted by Gasteiger charge is 2.24. The van der Waals surface area contributed by atoms with Gasteiger partial charge in [-0.15, -0.1) is 0 Å². The third-order valence-electron chi connectivity index (χ3n) is 17.6. The fourth-order valence-electron chi connectivity index (χ4n) is 14.1. The van der Waals surface area contributed by atoms with Crippen LogP contribution in [0.1, 0.15) is 0 Å². The zero-order chi connectivity index (χ0) is 52.4. The first-order chi connectivity index (χ1) is 39.7. The lowest BCUT2D eigenvalue weighted by atomic mass is 9.81. The summed E-state index contributed by atoms with van der Waals surface area (Å²) in [7, 11) is 0. The van der Waals surface area contributed by atoms with Gasteiger partial charge in [-0.25, -0.2) is 0 Å². The molecule has 0 bridgehead atoms. The van der Waals surface area contributed by atoms with E-state index in [1.807, 2.05) is 0 Å². The summed E-state index contributed by atoms with van der Waals surface area (Å²) in [6, 6.07) is 110. The van der Waals surface area contributed by atoms with Crippen LogP contribution < -0.4 is 0 Å². The third kappa shape index (κ3) is 6.63. The minimum absolute atomic E-state index is 1.17. The summed E-state index contributed by atoms with van der Waals surface area (Å²) in [5.41, 5.74) is 12.3. The molecule has 17 aromatic carbocycles. The molecule has 0 amide bonds. The van der Waals surface area contributed by atoms with Crippen molar-refractivity contribution in [2.45, 2.75) is 0 Å². The molecule has 0 saturated heterocycles. The molecule has 0 atom stereocenters. The zero-order valence-electron chi connectivity index (χ0n) is 43.7. The second-order valence-corrected chi connectivity index (χ2v) is 21.7. The van der Waals surface area contributed by atoms with Gasteiger partial charge in [0.1, 0.15) is 0 Å². The third-order valence-corrected chi connectivity index (χ3v) is 17.6. The monoisotopic (exact) mass is 1010 g/mol. The Morgan fingerprint density at radius 3 is 0.775 bits per heavy atom. The lowest BCUT2D eigenvalue weighted by Gasteiger charge is -2.22. The molecule has 0 N–H and O–H groups in total. The molecular formula is C80H48. The van der Waals surface area contributed by atoms with Gasteiger partial charge in [0.15, 0.2) is 0 Å². The van der Waals surface area contributed by atoms with Crippen LogP contribution in [0.2, 0.25) is 0 Å². The summed E-state index contributed by atoms with van der Waals surface area (Å²) >= 11 is 0. The molecule has 0 unspecified atom stereocenters. The number of rotatable bonds is 5. The van der Waals surface area contributed by atoms with Crippen LogP contribution in [0, 0.1) is 0 Å². The topological polar surface area (TPSA) is 0 Å². The Hall–Kier alpha value is -10.4. The van der Waals surface area contributed by atoms with E-state index in [0.29, 0.717) is 0 Å². The van der Waals surface area contributed by atoms with E-state index in [1.165, 1.54) is 174 Å². The Labute approximate surface area is 462 Å². The minimum atomic E-state index is 1.17. The van der Waals surface area contributed by atoms with Crippen molar-refractivity contribution in [2.75, 3.05) is 0 Å². The molecule has 0 heterocycles. The van der Waals surface area contributed by atoms with Gasteiger partial charge in [0.25, 0.3) is 0 Å². The second-order valence-electron chi connectivity index (χ2n) is 21.7. The van der Waals surface area contributed by atoms with E-state index in [0.717, 1.165) is 0 Å². The minimum Gasteiger partial charge on any atom is -0.0616 e. The maximum absolute atomic E-state index is 2.52. The van der Waals surface area contributed by atoms with Crippen molar-refractivity contribution in [3.63, 3.8) is 0 Å². The zero-order valence-corrected chi connectivity index (χ0v) is 43.7. The Kier molecular flexibility index (Phi) is 9.81. The molecule has 368 valence electrons. The van der Waals surface area contributed by atoms with E-state index in [2.05, 4.69) is 291 Å². The summed E-state index contributed by atoms with van der Waals surface area (Å²) in [6.45, 7) is 0. The highest BCUT2D eigenvalue weighted by atomic mass is 14.3. The predicted octanol–water partition coefficient (Wildman–Crippen LogP) is 22.7. The number of fused-ring (bicyclic) bond motifs is 14. The lowest BCUT2D eigenvalue weighted by molar-refractivity contribution is 1.66. The first-order valence-electron chi connectivity index (χ1n) is 27.9. The van der Waals surface area contributed by atoms with Crippen molar-refractivity contribution >= 4 is 118 Å². The van der Waals surface area contributed by atoms with Crippen LogP contribution in [-0.2, 0) is 0 Å². The largest absolute Gasteiger partial charge is 0.0616 e. The van der Waals surface area contributed by atoms with Gasteiger partial charge in [-0.05, 0) is 204 Å². The molecule has 0 saturated carbocycles. The molecule has 0 aliphatic heterocycles. The summed E-state index contributed by atoms with van der Waals surface area (Å²) < 4.78 is 0. The molecule has 0 heteroatoms. The molecule has 0 fully saturated rings. The maximum Gasteiger partial charge on any atom is -0.00197 e. The van der Waals surface area contributed by atoms with Crippen LogP contribution in [-0.4, -0.2) is 0 Å². The molecule has 0 aliphatic carbocycles. The van der Waals surface area contributed by atoms with Crippen LogP contribution in [0.25, 0.3) is 174 Å². The van der Waals surface area contributed by atoms with E-state index in [-0.39, 0.29) is 0 Å². The smallest absolute Gasteiger partial charge is 0.00197 e. The van der Waals surface area contributed by atoms with Crippen LogP contribution in [0.5, 0.6) is 0 Å². The Morgan fingerprint density at radius 1 is 0.125 bits per heavy atom. The van der Waals surface area contributed by atoms with E-state index in [4.69, 9.17) is 0 Å². The van der Waals surface area contributed by atoms with Gasteiger partial charge in [0.2, 0.25) is 0 Å². The molecule has 0 aromatic heterocycles. The Bertz CT molecular complexity index is 5480. The van der Waals surface area contributed by atoms with Gasteiger partial charge in [-0.1, -0.05) is 261 Å². The average Bonchev–Trinajstić information content (AvgIpc) is 3.68. The predicted molar refractivity (Wildman–Crippen MR) is 346 cm³/mol. The highest BCUT2D eigenvalue weighted by Crippen LogP contribution is 2.52. The first-order valence-corrected chi connectivity index (χ1v) is 27.9. The van der Waals surface area contributed by atoms with E-state index >= 15 is 0 Å². The summed E-state index contributed by atoms with van der Waals surface area (Å²) in [4.78, 5) is 0. The quantitative estimate of drug-likeness (QED) is 0.119. The lowest BCUT2D eigenvalue weighted by Crippen LogP contribution is -1.95. The summed E-state index contributed by atoms with van der Waals surface area (Å²) in [5, 5.41) is 27.4. The normalized spacial score (nSPS) is 12.0. The molecule has 0 spiro atoms. The molecule has 80 heavy (non-hydrogen) atoms. The maximum atomic E-state index is 2.52. The van der Waals surface area contributed by atoms with Crippen LogP contribution in [0.15, 0.2) is 291 Å². The van der Waals surface area contributed by atoms with E-state index in [9.17, 15) is 0 Å². The van der Waals surface area contributed by atoms with Gasteiger partial charge < -0.3 is 0 Å². The van der Waals surface area contributed by atoms with Crippen molar-refractivity contribution in [3.8, 4) is 55.6 Å². The first kappa shape index (κ1) is 44.7. The van der Waals surface area contributed by atoms with Crippen molar-refractivity contribution in [1.29, 1.82) is 0 Å². The standard InChI is InChI=1S/C80H48/c1-5-25-55-49(20-1)24-19-39-65(55)77-66-35-15-16-36-67(66)78(72-46-52-21-2-6-26-56(52)59-29-9-12-32-62(59)72)70-42-40-50(44-75(70)77)51-41-43-71-76(45-51)80(74-48-54-23-4-8-28-58(54)61-31-11-14-34-64(61)74)69-38-18-17-37-68(69)79(71)73-47-53-22-3-7-27-57(53)60-30-10-13-33-63(60)73/h1-48H. The molecule has 0 aliphatic rings. The SMILES string of the molecule is c1ccc2c(-c3c4ccccc4c(-c4cc5ccccc5c5ccccc45)c4ccc(-c5ccc6c(-c7cc8ccccc8c8ccccc78)c7ccccc7c(-c7cc8ccccc8c8ccccc78)c6c5)cc34)cccc2c1. The van der Waals surface area contributed by atoms with E-state index < -0.39 is 0 Å². The van der Waals surface area contributed by atoms with Gasteiger partial charge in [0, 0.05) is 0 Å². The van der Waals surface area contributed by atoms with Crippen molar-refractivity contribution in [1.82, 2.24) is 0 Å². The van der Waals surface area contributed by atoms with Gasteiger partial charge in [-0.2, -0.15) is 0 Å². The fraction of sp³-hybridized carbons (Fsp3) is 0. The average molecular weight is 1010 g/mol. The Morgan fingerprint density at radius 2 is 0.388 bits per heavy atom. The summed E-state index contributed by atoms with van der Waals surface area (Å²) in [6.07, 6.45) is 0. The molecule has 0 nitrogen and oxygen atoms in total. The molecular weight excluding hydrogens is 961 g/mol. The van der Waals surface area contributed by atoms with Crippen LogP contribution in [0.4, 0.5) is 0 Å². The van der Waals surface area contributed by atoms with Crippen LogP contribution >= 0.6 is 0 Å². The van der Waals surface area contributed by atoms with Crippen molar-refractivity contribution < 1.29 is 0 Å². The van der Waals surface area contributed by atoms with Crippen molar-refractivity contribution in [2.24, 2.45) is 0 Å². The fourth-order valence-corrected chi connectivity index (χ4v) is 14.1. The van der Waals surface area contributed by atoms with Crippen LogP contribution in [0.3, 0.4) is 0 Å².